The summed E-state index contributed by atoms with van der Waals surface area (Å²) in [6.07, 6.45) is 3.09. The molecule has 0 saturated carbocycles. The summed E-state index contributed by atoms with van der Waals surface area (Å²) in [6, 6.07) is 6.58. The highest BCUT2D eigenvalue weighted by atomic mass is 16.7. The minimum absolute atomic E-state index is 0.271. The molecule has 2 fully saturated rings. The molecule has 0 bridgehead atoms. The van der Waals surface area contributed by atoms with E-state index in [-0.39, 0.29) is 5.79 Å². The van der Waals surface area contributed by atoms with Crippen molar-refractivity contribution in [1.82, 2.24) is 0 Å². The Morgan fingerprint density at radius 2 is 1.81 bits per heavy atom. The summed E-state index contributed by atoms with van der Waals surface area (Å²) in [4.78, 5) is 2.49. The highest BCUT2D eigenvalue weighted by molar-refractivity contribution is 5.69. The molecule has 1 aromatic carbocycles. The van der Waals surface area contributed by atoms with E-state index in [0.717, 1.165) is 52.1 Å². The van der Waals surface area contributed by atoms with Crippen LogP contribution in [-0.4, -0.2) is 38.6 Å². The van der Waals surface area contributed by atoms with Crippen LogP contribution in [0.4, 0.5) is 11.4 Å². The molecule has 0 radical (unpaired) electrons. The number of piperidine rings is 1. The smallest absolute Gasteiger partial charge is 0.171 e. The largest absolute Gasteiger partial charge is 0.384 e. The third-order valence-corrected chi connectivity index (χ3v) is 4.52. The number of nitrogens with one attached hydrogen (secondary N) is 1. The third kappa shape index (κ3) is 2.74. The lowest BCUT2D eigenvalue weighted by Gasteiger charge is -2.39. The Hall–Kier alpha value is -1.26. The van der Waals surface area contributed by atoms with E-state index in [2.05, 4.69) is 28.4 Å². The molecule has 0 unspecified atom stereocenters. The standard InChI is InChI=1S/C15H20N2O2.C2H6/c1-2-13-12(4-7-16-13)14(3-1)17-8-5-15(6-9-17)18-10-11-19-15;1-2/h1-3,16H,4-11H2;1-2H3. The van der Waals surface area contributed by atoms with Gasteiger partial charge in [-0.15, -0.1) is 0 Å². The molecular weight excluding hydrogens is 264 g/mol. The van der Waals surface area contributed by atoms with Gasteiger partial charge in [-0.1, -0.05) is 19.9 Å². The van der Waals surface area contributed by atoms with E-state index in [4.69, 9.17) is 9.47 Å². The van der Waals surface area contributed by atoms with E-state index >= 15 is 0 Å². The van der Waals surface area contributed by atoms with Crippen LogP contribution < -0.4 is 10.2 Å². The maximum Gasteiger partial charge on any atom is 0.171 e. The molecule has 2 saturated heterocycles. The molecule has 4 heteroatoms. The van der Waals surface area contributed by atoms with Gasteiger partial charge >= 0.3 is 0 Å². The molecule has 116 valence electrons. The third-order valence-electron chi connectivity index (χ3n) is 4.52. The normalized spacial score (nSPS) is 22.5. The molecule has 0 amide bonds. The maximum atomic E-state index is 5.80. The molecule has 21 heavy (non-hydrogen) atoms. The Kier molecular flexibility index (Phi) is 4.36. The topological polar surface area (TPSA) is 33.7 Å². The van der Waals surface area contributed by atoms with Gasteiger partial charge in [0.1, 0.15) is 0 Å². The predicted octanol–water partition coefficient (Wildman–Crippen LogP) is 3.02. The Balaban J connectivity index is 0.000000636. The van der Waals surface area contributed by atoms with Crippen molar-refractivity contribution in [3.8, 4) is 0 Å². The molecule has 1 aromatic rings. The van der Waals surface area contributed by atoms with Crippen LogP contribution in [0, 0.1) is 0 Å². The number of ether oxygens (including phenoxy) is 2. The van der Waals surface area contributed by atoms with E-state index < -0.39 is 0 Å². The molecule has 4 nitrogen and oxygen atoms in total. The van der Waals surface area contributed by atoms with Gasteiger partial charge in [0.05, 0.1) is 13.2 Å². The minimum Gasteiger partial charge on any atom is -0.384 e. The van der Waals surface area contributed by atoms with Crippen LogP contribution in [0.1, 0.15) is 32.3 Å². The summed E-state index contributed by atoms with van der Waals surface area (Å²) in [5, 5.41) is 3.45. The number of hydrogen-bond acceptors (Lipinski definition) is 4. The average molecular weight is 290 g/mol. The lowest BCUT2D eigenvalue weighted by Crippen LogP contribution is -2.45. The predicted molar refractivity (Wildman–Crippen MR) is 86.1 cm³/mol. The summed E-state index contributed by atoms with van der Waals surface area (Å²) in [5.74, 6) is -0.271. The van der Waals surface area contributed by atoms with Gasteiger partial charge in [0.25, 0.3) is 0 Å². The average Bonchev–Trinajstić information content (AvgIpc) is 3.19. The number of rotatable bonds is 1. The first-order valence-corrected chi connectivity index (χ1v) is 8.25. The maximum absolute atomic E-state index is 5.80. The molecule has 0 atom stereocenters. The number of nitrogens with zero attached hydrogens (tertiary/aromatic N) is 1. The van der Waals surface area contributed by atoms with Crippen molar-refractivity contribution in [3.63, 3.8) is 0 Å². The lowest BCUT2D eigenvalue weighted by atomic mass is 10.0. The fourth-order valence-corrected chi connectivity index (χ4v) is 3.50. The van der Waals surface area contributed by atoms with Gasteiger partial charge in [-0.05, 0) is 18.6 Å². The number of benzene rings is 1. The first kappa shape index (κ1) is 14.7. The first-order chi connectivity index (χ1) is 10.4. The second-order valence-electron chi connectivity index (χ2n) is 5.57. The summed E-state index contributed by atoms with van der Waals surface area (Å²) in [5.41, 5.74) is 4.19. The second-order valence-corrected chi connectivity index (χ2v) is 5.57. The Bertz CT molecular complexity index is 474. The van der Waals surface area contributed by atoms with E-state index in [1.165, 1.54) is 16.9 Å². The Labute approximate surface area is 127 Å². The van der Waals surface area contributed by atoms with E-state index in [1.807, 2.05) is 13.8 Å². The molecular formula is C17H26N2O2. The van der Waals surface area contributed by atoms with Crippen molar-refractivity contribution < 1.29 is 9.47 Å². The summed E-state index contributed by atoms with van der Waals surface area (Å²) in [6.45, 7) is 8.62. The molecule has 4 rings (SSSR count). The van der Waals surface area contributed by atoms with Gasteiger partial charge in [-0.3, -0.25) is 0 Å². The van der Waals surface area contributed by atoms with Crippen LogP contribution in [0.3, 0.4) is 0 Å². The van der Waals surface area contributed by atoms with Crippen molar-refractivity contribution in [2.75, 3.05) is 43.1 Å². The van der Waals surface area contributed by atoms with Gasteiger partial charge in [0, 0.05) is 49.4 Å². The van der Waals surface area contributed by atoms with Gasteiger partial charge in [-0.25, -0.2) is 0 Å². The summed E-state index contributed by atoms with van der Waals surface area (Å²) in [7, 11) is 0. The van der Waals surface area contributed by atoms with Crippen LogP contribution in [-0.2, 0) is 15.9 Å². The van der Waals surface area contributed by atoms with Crippen LogP contribution >= 0.6 is 0 Å². The van der Waals surface area contributed by atoms with Crippen LogP contribution in [0.2, 0.25) is 0 Å². The molecule has 3 aliphatic heterocycles. The second kappa shape index (κ2) is 6.24. The van der Waals surface area contributed by atoms with Crippen molar-refractivity contribution >= 4 is 11.4 Å². The van der Waals surface area contributed by atoms with E-state index in [9.17, 15) is 0 Å². The van der Waals surface area contributed by atoms with Crippen LogP contribution in [0.15, 0.2) is 18.2 Å². The van der Waals surface area contributed by atoms with Gasteiger partial charge in [-0.2, -0.15) is 0 Å². The van der Waals surface area contributed by atoms with Crippen molar-refractivity contribution in [3.05, 3.63) is 23.8 Å². The fourth-order valence-electron chi connectivity index (χ4n) is 3.50. The highest BCUT2D eigenvalue weighted by Crippen LogP contribution is 2.37. The molecule has 0 aliphatic carbocycles. The molecule has 3 heterocycles. The van der Waals surface area contributed by atoms with Crippen molar-refractivity contribution in [2.45, 2.75) is 38.9 Å². The highest BCUT2D eigenvalue weighted by Gasteiger charge is 2.40. The molecule has 1 N–H and O–H groups in total. The molecule has 0 aromatic heterocycles. The Morgan fingerprint density at radius 1 is 1.10 bits per heavy atom. The van der Waals surface area contributed by atoms with Crippen molar-refractivity contribution in [1.29, 1.82) is 0 Å². The Morgan fingerprint density at radius 3 is 2.52 bits per heavy atom. The quantitative estimate of drug-likeness (QED) is 0.862. The van der Waals surface area contributed by atoms with E-state index in [1.54, 1.807) is 0 Å². The van der Waals surface area contributed by atoms with Crippen LogP contribution in [0.25, 0.3) is 0 Å². The minimum atomic E-state index is -0.271. The molecule has 1 spiro atoms. The van der Waals surface area contributed by atoms with Gasteiger partial charge in [0.2, 0.25) is 0 Å². The SMILES string of the molecule is CC.c1cc2c(c(N3CCC4(CC3)OCCO4)c1)CCN2. The first-order valence-electron chi connectivity index (χ1n) is 8.25. The van der Waals surface area contributed by atoms with Gasteiger partial charge in [0.15, 0.2) is 5.79 Å². The van der Waals surface area contributed by atoms with Crippen molar-refractivity contribution in [2.24, 2.45) is 0 Å². The van der Waals surface area contributed by atoms with Gasteiger partial charge < -0.3 is 19.7 Å². The monoisotopic (exact) mass is 290 g/mol. The van der Waals surface area contributed by atoms with Crippen LogP contribution in [0.5, 0.6) is 0 Å². The number of anilines is 2. The zero-order chi connectivity index (χ0) is 14.7. The van der Waals surface area contributed by atoms with E-state index in [0.29, 0.717) is 0 Å². The molecule has 3 aliphatic rings. The number of fused-ring (bicyclic) bond motifs is 1. The number of hydrogen-bond donors (Lipinski definition) is 1. The lowest BCUT2D eigenvalue weighted by molar-refractivity contribution is -0.169. The summed E-state index contributed by atoms with van der Waals surface area (Å²) < 4.78 is 11.6. The zero-order valence-electron chi connectivity index (χ0n) is 13.2. The fraction of sp³-hybridized carbons (Fsp3) is 0.647. The zero-order valence-corrected chi connectivity index (χ0v) is 13.2. The summed E-state index contributed by atoms with van der Waals surface area (Å²) >= 11 is 0.